The first-order valence-corrected chi connectivity index (χ1v) is 3.41. The highest BCUT2D eigenvalue weighted by atomic mass is 16.5. The second-order valence-corrected chi connectivity index (χ2v) is 2.06. The largest absolute Gasteiger partial charge is 0.495 e. The summed E-state index contributed by atoms with van der Waals surface area (Å²) in [5.74, 6) is 5.69. The molecule has 1 rings (SSSR count). The molecule has 0 saturated heterocycles. The molecule has 0 aliphatic rings. The van der Waals surface area contributed by atoms with E-state index in [1.807, 2.05) is 18.2 Å². The van der Waals surface area contributed by atoms with E-state index in [1.54, 1.807) is 19.2 Å². The van der Waals surface area contributed by atoms with Crippen molar-refractivity contribution in [3.05, 3.63) is 29.8 Å². The molecule has 58 valence electrons. The fraction of sp³-hybridized carbons (Fsp3) is 0.100. The molecule has 2 nitrogen and oxygen atoms in total. The first-order chi connectivity index (χ1) is 5.88. The van der Waals surface area contributed by atoms with Gasteiger partial charge in [0.25, 0.3) is 0 Å². The zero-order valence-electron chi connectivity index (χ0n) is 6.66. The number of ether oxygens (including phenoxy) is 1. The molecular formula is C10H7NO. The van der Waals surface area contributed by atoms with Crippen LogP contribution in [0.5, 0.6) is 5.75 Å². The first kappa shape index (κ1) is 8.17. The van der Waals surface area contributed by atoms with E-state index >= 15 is 0 Å². The topological polar surface area (TPSA) is 33.0 Å². The van der Waals surface area contributed by atoms with Crippen molar-refractivity contribution in [3.63, 3.8) is 0 Å². The third-order valence-corrected chi connectivity index (χ3v) is 1.36. The molecule has 0 N–H and O–H groups in total. The number of hydrogen-bond acceptors (Lipinski definition) is 2. The Morgan fingerprint density at radius 3 is 2.75 bits per heavy atom. The molecule has 0 atom stereocenters. The Labute approximate surface area is 71.4 Å². The summed E-state index contributed by atoms with van der Waals surface area (Å²) in [6.07, 6.45) is 0. The van der Waals surface area contributed by atoms with Crippen LogP contribution in [0.2, 0.25) is 0 Å². The standard InChI is InChI=1S/C10H7NO/c1-12-10-7-3-2-5-9(10)6-4-8-11/h2-3,5,7H,1H3. The third kappa shape index (κ3) is 1.78. The quantitative estimate of drug-likeness (QED) is 0.580. The van der Waals surface area contributed by atoms with Crippen molar-refractivity contribution < 1.29 is 4.74 Å². The molecule has 0 fully saturated rings. The van der Waals surface area contributed by atoms with Gasteiger partial charge in [0, 0.05) is 5.92 Å². The van der Waals surface area contributed by atoms with E-state index in [2.05, 4.69) is 11.8 Å². The van der Waals surface area contributed by atoms with Crippen LogP contribution in [0, 0.1) is 23.2 Å². The van der Waals surface area contributed by atoms with Gasteiger partial charge in [-0.25, -0.2) is 0 Å². The monoisotopic (exact) mass is 157 g/mol. The maximum absolute atomic E-state index is 8.23. The smallest absolute Gasteiger partial charge is 0.152 e. The zero-order chi connectivity index (χ0) is 8.81. The van der Waals surface area contributed by atoms with Gasteiger partial charge < -0.3 is 4.74 Å². The van der Waals surface area contributed by atoms with Crippen LogP contribution in [-0.4, -0.2) is 7.11 Å². The summed E-state index contributed by atoms with van der Waals surface area (Å²) in [5.41, 5.74) is 0.738. The van der Waals surface area contributed by atoms with Crippen molar-refractivity contribution in [1.82, 2.24) is 0 Å². The molecule has 0 amide bonds. The number of nitrogens with zero attached hydrogens (tertiary/aromatic N) is 1. The SMILES string of the molecule is COc1ccccc1C#CC#N. The van der Waals surface area contributed by atoms with Crippen LogP contribution >= 0.6 is 0 Å². The Morgan fingerprint density at radius 1 is 1.33 bits per heavy atom. The van der Waals surface area contributed by atoms with Gasteiger partial charge in [-0.15, -0.1) is 0 Å². The van der Waals surface area contributed by atoms with E-state index in [9.17, 15) is 0 Å². The van der Waals surface area contributed by atoms with Crippen molar-refractivity contribution in [2.45, 2.75) is 0 Å². The lowest BCUT2D eigenvalue weighted by Gasteiger charge is -2.00. The number of methoxy groups -OCH3 is 1. The van der Waals surface area contributed by atoms with E-state index in [0.717, 1.165) is 5.56 Å². The average Bonchev–Trinajstić information content (AvgIpc) is 2.15. The molecule has 12 heavy (non-hydrogen) atoms. The maximum atomic E-state index is 8.23. The normalized spacial score (nSPS) is 7.67. The number of para-hydroxylation sites is 1. The van der Waals surface area contributed by atoms with Crippen molar-refractivity contribution in [1.29, 1.82) is 5.26 Å². The molecule has 0 spiro atoms. The first-order valence-electron chi connectivity index (χ1n) is 3.41. The summed E-state index contributed by atoms with van der Waals surface area (Å²) in [5, 5.41) is 8.23. The number of rotatable bonds is 1. The van der Waals surface area contributed by atoms with Crippen LogP contribution in [0.3, 0.4) is 0 Å². The Morgan fingerprint density at radius 2 is 2.08 bits per heavy atom. The van der Waals surface area contributed by atoms with Gasteiger partial charge in [-0.2, -0.15) is 5.26 Å². The van der Waals surface area contributed by atoms with E-state index in [-0.39, 0.29) is 0 Å². The minimum Gasteiger partial charge on any atom is -0.495 e. The molecule has 0 radical (unpaired) electrons. The van der Waals surface area contributed by atoms with Crippen LogP contribution in [-0.2, 0) is 0 Å². The Kier molecular flexibility index (Phi) is 2.76. The Balaban J connectivity index is 3.07. The second kappa shape index (κ2) is 4.05. The van der Waals surface area contributed by atoms with E-state index < -0.39 is 0 Å². The van der Waals surface area contributed by atoms with Gasteiger partial charge in [0.05, 0.1) is 12.7 Å². The number of nitriles is 1. The molecule has 0 aliphatic heterocycles. The van der Waals surface area contributed by atoms with E-state index in [4.69, 9.17) is 10.00 Å². The molecule has 2 heteroatoms. The van der Waals surface area contributed by atoms with Crippen molar-refractivity contribution in [2.24, 2.45) is 0 Å². The molecule has 0 bridgehead atoms. The molecule has 0 aromatic heterocycles. The van der Waals surface area contributed by atoms with Crippen molar-refractivity contribution in [2.75, 3.05) is 7.11 Å². The van der Waals surface area contributed by atoms with Crippen molar-refractivity contribution >= 4 is 0 Å². The summed E-state index contributed by atoms with van der Waals surface area (Å²) < 4.78 is 5.03. The van der Waals surface area contributed by atoms with Gasteiger partial charge in [0.15, 0.2) is 6.07 Å². The Bertz CT molecular complexity index is 365. The summed E-state index contributed by atoms with van der Waals surface area (Å²) >= 11 is 0. The average molecular weight is 157 g/mol. The van der Waals surface area contributed by atoms with Gasteiger partial charge in [-0.3, -0.25) is 0 Å². The van der Waals surface area contributed by atoms with E-state index in [1.165, 1.54) is 0 Å². The van der Waals surface area contributed by atoms with E-state index in [0.29, 0.717) is 5.75 Å². The summed E-state index contributed by atoms with van der Waals surface area (Å²) in [6, 6.07) is 9.08. The molecule has 1 aromatic carbocycles. The van der Waals surface area contributed by atoms with Gasteiger partial charge >= 0.3 is 0 Å². The second-order valence-electron chi connectivity index (χ2n) is 2.06. The van der Waals surface area contributed by atoms with Gasteiger partial charge in [-0.1, -0.05) is 12.1 Å². The van der Waals surface area contributed by atoms with Crippen molar-refractivity contribution in [3.8, 4) is 23.7 Å². The fourth-order valence-corrected chi connectivity index (χ4v) is 0.843. The Hall–Kier alpha value is -1.93. The molecule has 0 aliphatic carbocycles. The van der Waals surface area contributed by atoms with Gasteiger partial charge in [0.2, 0.25) is 0 Å². The summed E-state index contributed by atoms with van der Waals surface area (Å²) in [4.78, 5) is 0. The molecule has 0 unspecified atom stereocenters. The lowest BCUT2D eigenvalue weighted by molar-refractivity contribution is 0.413. The van der Waals surface area contributed by atoms with Crippen LogP contribution in [0.15, 0.2) is 24.3 Å². The van der Waals surface area contributed by atoms with Crippen LogP contribution < -0.4 is 4.74 Å². The van der Waals surface area contributed by atoms with Gasteiger partial charge in [-0.05, 0) is 18.1 Å². The summed E-state index contributed by atoms with van der Waals surface area (Å²) in [7, 11) is 1.58. The van der Waals surface area contributed by atoms with Crippen LogP contribution in [0.4, 0.5) is 0 Å². The fourth-order valence-electron chi connectivity index (χ4n) is 0.843. The van der Waals surface area contributed by atoms with Crippen LogP contribution in [0.25, 0.3) is 0 Å². The predicted molar refractivity (Wildman–Crippen MR) is 45.5 cm³/mol. The highest BCUT2D eigenvalue weighted by molar-refractivity contribution is 5.47. The minimum atomic E-state index is 0.695. The zero-order valence-corrected chi connectivity index (χ0v) is 6.66. The predicted octanol–water partition coefficient (Wildman–Crippen LogP) is 1.57. The lowest BCUT2D eigenvalue weighted by atomic mass is 10.2. The third-order valence-electron chi connectivity index (χ3n) is 1.36. The number of hydrogen-bond donors (Lipinski definition) is 0. The minimum absolute atomic E-state index is 0.695. The molecule has 0 heterocycles. The van der Waals surface area contributed by atoms with Crippen LogP contribution in [0.1, 0.15) is 5.56 Å². The molecule has 1 aromatic rings. The summed E-state index contributed by atoms with van der Waals surface area (Å²) in [6.45, 7) is 0. The lowest BCUT2D eigenvalue weighted by Crippen LogP contribution is -1.85. The maximum Gasteiger partial charge on any atom is 0.152 e. The number of benzene rings is 1. The van der Waals surface area contributed by atoms with Gasteiger partial charge in [0.1, 0.15) is 5.75 Å². The highest BCUT2D eigenvalue weighted by Crippen LogP contribution is 2.15. The molecule has 0 saturated carbocycles. The molecular weight excluding hydrogens is 150 g/mol. The highest BCUT2D eigenvalue weighted by Gasteiger charge is 1.95.